The van der Waals surface area contributed by atoms with E-state index in [1.807, 2.05) is 12.1 Å². The first kappa shape index (κ1) is 20.3. The number of piperidine rings is 2. The number of hydrogen-bond donors (Lipinski definition) is 2. The summed E-state index contributed by atoms with van der Waals surface area (Å²) in [4.78, 5) is 53.4. The average Bonchev–Trinajstić information content (AvgIpc) is 2.90. The summed E-state index contributed by atoms with van der Waals surface area (Å²) in [6.45, 7) is 5.21. The van der Waals surface area contributed by atoms with Gasteiger partial charge in [-0.2, -0.15) is 0 Å². The topological polar surface area (TPSA) is 98.8 Å². The van der Waals surface area contributed by atoms with E-state index in [1.54, 1.807) is 0 Å². The molecular weight excluding hydrogens is 396 g/mol. The van der Waals surface area contributed by atoms with E-state index in [4.69, 9.17) is 0 Å². The monoisotopic (exact) mass is 424 g/mol. The number of carbonyl (C=O) groups is 4. The standard InChI is InChI=1S/C23H28N4O4/c28-20-2-1-19(21(29)25-20)27-22(30)17-11-15-5-9-26(13-14-3-7-24-8-4-14)10-6-16(15)12-18(17)23(27)31/h11-12,14,19,24H,1-10,13H2,(H,25,28,29). The lowest BCUT2D eigenvalue weighted by Crippen LogP contribution is -2.54. The molecule has 0 aromatic heterocycles. The summed E-state index contributed by atoms with van der Waals surface area (Å²) >= 11 is 0. The molecule has 0 bridgehead atoms. The number of benzene rings is 1. The summed E-state index contributed by atoms with van der Waals surface area (Å²) in [5.74, 6) is -1.04. The van der Waals surface area contributed by atoms with Crippen LogP contribution < -0.4 is 10.6 Å². The van der Waals surface area contributed by atoms with Gasteiger partial charge in [-0.3, -0.25) is 29.4 Å². The largest absolute Gasteiger partial charge is 0.317 e. The van der Waals surface area contributed by atoms with Crippen molar-refractivity contribution in [3.63, 3.8) is 0 Å². The fourth-order valence-electron chi connectivity index (χ4n) is 5.35. The Morgan fingerprint density at radius 3 is 2.03 bits per heavy atom. The van der Waals surface area contributed by atoms with Crippen LogP contribution >= 0.6 is 0 Å². The molecule has 31 heavy (non-hydrogen) atoms. The molecule has 4 aliphatic rings. The molecule has 2 N–H and O–H groups in total. The molecule has 0 saturated carbocycles. The summed E-state index contributed by atoms with van der Waals surface area (Å²) < 4.78 is 0. The van der Waals surface area contributed by atoms with Gasteiger partial charge in [0.2, 0.25) is 11.8 Å². The number of nitrogens with zero attached hydrogens (tertiary/aromatic N) is 2. The Bertz CT molecular complexity index is 906. The van der Waals surface area contributed by atoms with Gasteiger partial charge < -0.3 is 10.2 Å². The normalized spacial score (nSPS) is 25.3. The Hall–Kier alpha value is -2.58. The van der Waals surface area contributed by atoms with Gasteiger partial charge in [-0.1, -0.05) is 0 Å². The zero-order valence-corrected chi connectivity index (χ0v) is 17.6. The smallest absolute Gasteiger partial charge is 0.262 e. The van der Waals surface area contributed by atoms with Gasteiger partial charge in [0.05, 0.1) is 11.1 Å². The van der Waals surface area contributed by atoms with Gasteiger partial charge in [-0.15, -0.1) is 0 Å². The minimum atomic E-state index is -0.912. The Morgan fingerprint density at radius 1 is 0.839 bits per heavy atom. The summed E-state index contributed by atoms with van der Waals surface area (Å²) in [5, 5.41) is 5.66. The molecule has 0 aliphatic carbocycles. The van der Waals surface area contributed by atoms with Crippen LogP contribution in [-0.2, 0) is 22.4 Å². The summed E-state index contributed by atoms with van der Waals surface area (Å²) in [5.41, 5.74) is 3.02. The lowest BCUT2D eigenvalue weighted by atomic mass is 9.96. The van der Waals surface area contributed by atoms with Crippen molar-refractivity contribution in [2.24, 2.45) is 5.92 Å². The highest BCUT2D eigenvalue weighted by Gasteiger charge is 2.45. The van der Waals surface area contributed by atoms with Crippen LogP contribution in [0.3, 0.4) is 0 Å². The van der Waals surface area contributed by atoms with Crippen molar-refractivity contribution in [2.45, 2.75) is 44.6 Å². The average molecular weight is 425 g/mol. The van der Waals surface area contributed by atoms with Crippen molar-refractivity contribution in [1.82, 2.24) is 20.4 Å². The van der Waals surface area contributed by atoms with E-state index < -0.39 is 23.8 Å². The van der Waals surface area contributed by atoms with Gasteiger partial charge in [0.25, 0.3) is 11.8 Å². The first-order valence-corrected chi connectivity index (χ1v) is 11.3. The number of rotatable bonds is 3. The molecule has 0 spiro atoms. The van der Waals surface area contributed by atoms with Gasteiger partial charge in [0.1, 0.15) is 6.04 Å². The highest BCUT2D eigenvalue weighted by Crippen LogP contribution is 2.31. The van der Waals surface area contributed by atoms with Crippen molar-refractivity contribution >= 4 is 23.6 Å². The first-order valence-electron chi connectivity index (χ1n) is 11.3. The molecule has 8 heteroatoms. The molecule has 1 aromatic rings. The Morgan fingerprint density at radius 2 is 1.45 bits per heavy atom. The minimum Gasteiger partial charge on any atom is -0.317 e. The molecule has 5 rings (SSSR count). The molecule has 1 aromatic carbocycles. The second-order valence-electron chi connectivity index (χ2n) is 9.11. The molecule has 2 saturated heterocycles. The van der Waals surface area contributed by atoms with E-state index in [2.05, 4.69) is 15.5 Å². The Balaban J connectivity index is 1.33. The molecule has 4 amide bonds. The molecular formula is C23H28N4O4. The SMILES string of the molecule is O=C1CCC(N2C(=O)c3cc4c(cc3C2=O)CCN(CC2CCNCC2)CC4)C(=O)N1. The number of hydrogen-bond acceptors (Lipinski definition) is 6. The van der Waals surface area contributed by atoms with Gasteiger partial charge in [-0.25, -0.2) is 0 Å². The second-order valence-corrected chi connectivity index (χ2v) is 9.11. The fourth-order valence-corrected chi connectivity index (χ4v) is 5.35. The molecule has 164 valence electrons. The van der Waals surface area contributed by atoms with Gasteiger partial charge in [0, 0.05) is 26.1 Å². The number of nitrogens with one attached hydrogen (secondary N) is 2. The molecule has 4 heterocycles. The van der Waals surface area contributed by atoms with Crippen LogP contribution in [0.25, 0.3) is 0 Å². The first-order chi connectivity index (χ1) is 15.0. The maximum Gasteiger partial charge on any atom is 0.262 e. The Labute approximate surface area is 181 Å². The lowest BCUT2D eigenvalue weighted by Gasteiger charge is -2.29. The quantitative estimate of drug-likeness (QED) is 0.686. The number of imide groups is 2. The van der Waals surface area contributed by atoms with Crippen LogP contribution in [0.2, 0.25) is 0 Å². The van der Waals surface area contributed by atoms with Crippen molar-refractivity contribution in [3.8, 4) is 0 Å². The zero-order valence-electron chi connectivity index (χ0n) is 17.6. The van der Waals surface area contributed by atoms with E-state index in [9.17, 15) is 19.2 Å². The van der Waals surface area contributed by atoms with E-state index >= 15 is 0 Å². The van der Waals surface area contributed by atoms with Crippen molar-refractivity contribution in [2.75, 3.05) is 32.7 Å². The van der Waals surface area contributed by atoms with Crippen LogP contribution in [0.5, 0.6) is 0 Å². The molecule has 1 unspecified atom stereocenters. The van der Waals surface area contributed by atoms with Crippen molar-refractivity contribution in [1.29, 1.82) is 0 Å². The van der Waals surface area contributed by atoms with E-state index in [-0.39, 0.29) is 18.7 Å². The van der Waals surface area contributed by atoms with Crippen LogP contribution in [0.15, 0.2) is 12.1 Å². The van der Waals surface area contributed by atoms with Crippen LogP contribution in [0, 0.1) is 5.92 Å². The number of amides is 4. The summed E-state index contributed by atoms with van der Waals surface area (Å²) in [6, 6.07) is 2.82. The third-order valence-corrected chi connectivity index (χ3v) is 7.13. The van der Waals surface area contributed by atoms with E-state index in [1.165, 1.54) is 12.8 Å². The third-order valence-electron chi connectivity index (χ3n) is 7.13. The van der Waals surface area contributed by atoms with E-state index in [0.717, 1.165) is 67.5 Å². The molecule has 2 fully saturated rings. The fraction of sp³-hybridized carbons (Fsp3) is 0.565. The summed E-state index contributed by atoms with van der Waals surface area (Å²) in [6.07, 6.45) is 4.46. The molecule has 1 atom stereocenters. The van der Waals surface area contributed by atoms with Crippen LogP contribution in [0.1, 0.15) is 57.5 Å². The van der Waals surface area contributed by atoms with Crippen LogP contribution in [0.4, 0.5) is 0 Å². The highest BCUT2D eigenvalue weighted by atomic mass is 16.2. The molecule has 0 radical (unpaired) electrons. The summed E-state index contributed by atoms with van der Waals surface area (Å²) in [7, 11) is 0. The third kappa shape index (κ3) is 3.78. The maximum atomic E-state index is 13.1. The molecule has 4 aliphatic heterocycles. The van der Waals surface area contributed by atoms with E-state index in [0.29, 0.717) is 11.1 Å². The predicted molar refractivity (Wildman–Crippen MR) is 113 cm³/mol. The minimum absolute atomic E-state index is 0.132. The van der Waals surface area contributed by atoms with Gasteiger partial charge in [0.15, 0.2) is 0 Å². The Kier molecular flexibility index (Phi) is 5.35. The highest BCUT2D eigenvalue weighted by molar-refractivity contribution is 6.23. The van der Waals surface area contributed by atoms with Crippen LogP contribution in [-0.4, -0.2) is 72.2 Å². The van der Waals surface area contributed by atoms with Crippen molar-refractivity contribution < 1.29 is 19.2 Å². The van der Waals surface area contributed by atoms with Gasteiger partial charge in [-0.05, 0) is 74.4 Å². The zero-order chi connectivity index (χ0) is 21.5. The van der Waals surface area contributed by atoms with Crippen molar-refractivity contribution in [3.05, 3.63) is 34.4 Å². The van der Waals surface area contributed by atoms with Gasteiger partial charge >= 0.3 is 0 Å². The molecule has 8 nitrogen and oxygen atoms in total. The lowest BCUT2D eigenvalue weighted by molar-refractivity contribution is -0.136. The second kappa shape index (κ2) is 8.16. The number of fused-ring (bicyclic) bond motifs is 2. The number of carbonyl (C=O) groups excluding carboxylic acids is 4. The predicted octanol–water partition coefficient (Wildman–Crippen LogP) is 0.488. The maximum absolute atomic E-state index is 13.1.